The molecule has 26 heavy (non-hydrogen) atoms. The number of likely N-dealkylation sites (tertiary alicyclic amines) is 1. The summed E-state index contributed by atoms with van der Waals surface area (Å²) in [7, 11) is 0. The number of piperidine rings is 1. The van der Waals surface area contributed by atoms with Crippen LogP contribution in [0.4, 0.5) is 0 Å². The van der Waals surface area contributed by atoms with Gasteiger partial charge >= 0.3 is 0 Å². The molecule has 0 radical (unpaired) electrons. The zero-order valence-corrected chi connectivity index (χ0v) is 16.5. The van der Waals surface area contributed by atoms with E-state index in [1.165, 1.54) is 5.56 Å². The van der Waals surface area contributed by atoms with E-state index in [2.05, 4.69) is 15.6 Å². The summed E-state index contributed by atoms with van der Waals surface area (Å²) >= 11 is 1.54. The fourth-order valence-corrected chi connectivity index (χ4v) is 4.60. The summed E-state index contributed by atoms with van der Waals surface area (Å²) in [4.78, 5) is 26.7. The summed E-state index contributed by atoms with van der Waals surface area (Å²) in [5, 5.41) is 5.11. The van der Waals surface area contributed by atoms with Crippen molar-refractivity contribution in [2.75, 3.05) is 26.2 Å². The summed E-state index contributed by atoms with van der Waals surface area (Å²) < 4.78 is 5.53. The lowest BCUT2D eigenvalue weighted by Gasteiger charge is -2.31. The Hall–Kier alpha value is -1.24. The van der Waals surface area contributed by atoms with Crippen LogP contribution in [-0.2, 0) is 16.1 Å². The molecular weight excluding hydrogens is 348 g/mol. The lowest BCUT2D eigenvalue weighted by molar-refractivity contribution is -0.122. The number of carbonyl (C=O) groups excluding carboxylic acids is 2. The largest absolute Gasteiger partial charge is 0.376 e. The van der Waals surface area contributed by atoms with E-state index < -0.39 is 0 Å². The smallest absolute Gasteiger partial charge is 0.220 e. The van der Waals surface area contributed by atoms with Crippen molar-refractivity contribution in [1.29, 1.82) is 0 Å². The third kappa shape index (κ3) is 5.89. The molecule has 5 nitrogen and oxygen atoms in total. The standard InChI is InChI=1S/C20H30N2O3S/c1-15(23)19-11-17(14-26-19)13-22-8-6-16(7-9-22)4-5-20(24)21-12-18-3-2-10-25-18/h11,14,16,18H,2-10,12-13H2,1H3,(H,21,24)/t18-/m1/s1. The number of amides is 1. The van der Waals surface area contributed by atoms with Crippen LogP contribution < -0.4 is 5.32 Å². The van der Waals surface area contributed by atoms with Gasteiger partial charge in [-0.15, -0.1) is 11.3 Å². The fraction of sp³-hybridized carbons (Fsp3) is 0.700. The molecular formula is C20H30N2O3S. The summed E-state index contributed by atoms with van der Waals surface area (Å²) in [6, 6.07) is 2.03. The Morgan fingerprint density at radius 3 is 2.77 bits per heavy atom. The Morgan fingerprint density at radius 1 is 1.31 bits per heavy atom. The second kappa shape index (κ2) is 9.62. The highest BCUT2D eigenvalue weighted by atomic mass is 32.1. The number of rotatable bonds is 8. The summed E-state index contributed by atoms with van der Waals surface area (Å²) in [5.74, 6) is 0.964. The number of nitrogens with zero attached hydrogens (tertiary/aromatic N) is 1. The first-order chi connectivity index (χ1) is 12.6. The van der Waals surface area contributed by atoms with Crippen LogP contribution in [0.3, 0.4) is 0 Å². The third-order valence-corrected chi connectivity index (χ3v) is 6.52. The first-order valence-electron chi connectivity index (χ1n) is 9.79. The Kier molecular flexibility index (Phi) is 7.23. The van der Waals surface area contributed by atoms with Gasteiger partial charge in [0.2, 0.25) is 5.91 Å². The van der Waals surface area contributed by atoms with E-state index in [-0.39, 0.29) is 17.8 Å². The number of ketones is 1. The van der Waals surface area contributed by atoms with Gasteiger partial charge in [0.05, 0.1) is 11.0 Å². The molecule has 0 bridgehead atoms. The van der Waals surface area contributed by atoms with Crippen molar-refractivity contribution in [3.05, 3.63) is 21.9 Å². The maximum absolute atomic E-state index is 12.0. The lowest BCUT2D eigenvalue weighted by atomic mass is 9.92. The average Bonchev–Trinajstić information content (AvgIpc) is 3.31. The van der Waals surface area contributed by atoms with Crippen LogP contribution in [0.1, 0.15) is 60.7 Å². The van der Waals surface area contributed by atoms with Crippen LogP contribution in [0.2, 0.25) is 0 Å². The van der Waals surface area contributed by atoms with Crippen molar-refractivity contribution >= 4 is 23.0 Å². The molecule has 1 aromatic rings. The van der Waals surface area contributed by atoms with Crippen molar-refractivity contribution in [3.63, 3.8) is 0 Å². The molecule has 1 aromatic heterocycles. The van der Waals surface area contributed by atoms with E-state index in [0.717, 1.165) is 63.2 Å². The minimum Gasteiger partial charge on any atom is -0.376 e. The van der Waals surface area contributed by atoms with E-state index in [1.807, 2.05) is 6.07 Å². The van der Waals surface area contributed by atoms with Crippen LogP contribution in [-0.4, -0.2) is 48.9 Å². The minimum atomic E-state index is 0.151. The van der Waals surface area contributed by atoms with Gasteiger partial charge in [-0.25, -0.2) is 0 Å². The number of Topliss-reactive ketones (excluding diaryl/α,β-unsaturated/α-hetero) is 1. The quantitative estimate of drug-likeness (QED) is 0.706. The molecule has 3 rings (SSSR count). The molecule has 2 aliphatic rings. The molecule has 0 spiro atoms. The average molecular weight is 379 g/mol. The second-order valence-corrected chi connectivity index (χ2v) is 8.48. The first kappa shape index (κ1) is 19.5. The van der Waals surface area contributed by atoms with Gasteiger partial charge in [0.1, 0.15) is 0 Å². The van der Waals surface area contributed by atoms with Gasteiger partial charge in [-0.3, -0.25) is 14.5 Å². The molecule has 3 heterocycles. The van der Waals surface area contributed by atoms with Gasteiger partial charge in [-0.1, -0.05) is 0 Å². The third-order valence-electron chi connectivity index (χ3n) is 5.44. The molecule has 2 aliphatic heterocycles. The number of nitrogens with one attached hydrogen (secondary N) is 1. The molecule has 0 saturated carbocycles. The van der Waals surface area contributed by atoms with Crippen molar-refractivity contribution in [1.82, 2.24) is 10.2 Å². The molecule has 6 heteroatoms. The number of hydrogen-bond donors (Lipinski definition) is 1. The predicted molar refractivity (Wildman–Crippen MR) is 104 cm³/mol. The number of ether oxygens (including phenoxy) is 1. The maximum Gasteiger partial charge on any atom is 0.220 e. The SMILES string of the molecule is CC(=O)c1cc(CN2CCC(CCC(=O)NC[C@H]3CCCO3)CC2)cs1. The molecule has 1 atom stereocenters. The Balaban J connectivity index is 1.30. The minimum absolute atomic E-state index is 0.151. The lowest BCUT2D eigenvalue weighted by Crippen LogP contribution is -2.34. The zero-order chi connectivity index (χ0) is 18.4. The van der Waals surface area contributed by atoms with Gasteiger partial charge in [-0.05, 0) is 75.0 Å². The molecule has 1 N–H and O–H groups in total. The highest BCUT2D eigenvalue weighted by Crippen LogP contribution is 2.24. The van der Waals surface area contributed by atoms with Crippen LogP contribution in [0.5, 0.6) is 0 Å². The second-order valence-electron chi connectivity index (χ2n) is 7.57. The van der Waals surface area contributed by atoms with Crippen molar-refractivity contribution in [2.45, 2.75) is 58.1 Å². The van der Waals surface area contributed by atoms with Crippen molar-refractivity contribution in [3.8, 4) is 0 Å². The van der Waals surface area contributed by atoms with Gasteiger partial charge < -0.3 is 10.1 Å². The molecule has 0 aromatic carbocycles. The van der Waals surface area contributed by atoms with Gasteiger partial charge in [0, 0.05) is 26.1 Å². The van der Waals surface area contributed by atoms with Crippen LogP contribution in [0.15, 0.2) is 11.4 Å². The monoisotopic (exact) mass is 378 g/mol. The van der Waals surface area contributed by atoms with Crippen LogP contribution >= 0.6 is 11.3 Å². The fourth-order valence-electron chi connectivity index (χ4n) is 3.79. The molecule has 2 saturated heterocycles. The highest BCUT2D eigenvalue weighted by molar-refractivity contribution is 7.12. The number of carbonyl (C=O) groups is 2. The highest BCUT2D eigenvalue weighted by Gasteiger charge is 2.21. The van der Waals surface area contributed by atoms with Crippen LogP contribution in [0.25, 0.3) is 0 Å². The number of hydrogen-bond acceptors (Lipinski definition) is 5. The Labute approximate surface area is 160 Å². The first-order valence-corrected chi connectivity index (χ1v) is 10.7. The normalized spacial score (nSPS) is 21.8. The van der Waals surface area contributed by atoms with E-state index in [0.29, 0.717) is 18.9 Å². The summed E-state index contributed by atoms with van der Waals surface area (Å²) in [6.45, 7) is 6.21. The van der Waals surface area contributed by atoms with E-state index >= 15 is 0 Å². The maximum atomic E-state index is 12.0. The number of thiophene rings is 1. The van der Waals surface area contributed by atoms with Gasteiger partial charge in [0.15, 0.2) is 5.78 Å². The van der Waals surface area contributed by atoms with Crippen molar-refractivity contribution in [2.24, 2.45) is 5.92 Å². The van der Waals surface area contributed by atoms with E-state index in [1.54, 1.807) is 18.3 Å². The molecule has 0 aliphatic carbocycles. The summed E-state index contributed by atoms with van der Waals surface area (Å²) in [6.07, 6.45) is 6.33. The van der Waals surface area contributed by atoms with Gasteiger partial charge in [0.25, 0.3) is 0 Å². The predicted octanol–water partition coefficient (Wildman–Crippen LogP) is 3.24. The Bertz CT molecular complexity index is 602. The van der Waals surface area contributed by atoms with Crippen LogP contribution in [0, 0.1) is 5.92 Å². The van der Waals surface area contributed by atoms with E-state index in [9.17, 15) is 9.59 Å². The molecule has 0 unspecified atom stereocenters. The van der Waals surface area contributed by atoms with Gasteiger partial charge in [-0.2, -0.15) is 0 Å². The molecule has 2 fully saturated rings. The summed E-state index contributed by atoms with van der Waals surface area (Å²) in [5.41, 5.74) is 1.24. The topological polar surface area (TPSA) is 58.6 Å². The zero-order valence-electron chi connectivity index (χ0n) is 15.7. The molecule has 144 valence electrons. The van der Waals surface area contributed by atoms with Crippen molar-refractivity contribution < 1.29 is 14.3 Å². The Morgan fingerprint density at radius 2 is 2.12 bits per heavy atom. The van der Waals surface area contributed by atoms with E-state index in [4.69, 9.17) is 4.74 Å². The molecule has 1 amide bonds.